The van der Waals surface area contributed by atoms with Gasteiger partial charge in [0.25, 0.3) is 0 Å². The van der Waals surface area contributed by atoms with Crippen molar-refractivity contribution in [2.75, 3.05) is 12.4 Å². The molecule has 5 nitrogen and oxygen atoms in total. The molecule has 5 heteroatoms. The Morgan fingerprint density at radius 1 is 1.38 bits per heavy atom. The first-order valence-electron chi connectivity index (χ1n) is 7.54. The summed E-state index contributed by atoms with van der Waals surface area (Å²) in [5.41, 5.74) is 2.40. The van der Waals surface area contributed by atoms with E-state index < -0.39 is 0 Å². The van der Waals surface area contributed by atoms with Gasteiger partial charge in [0.05, 0.1) is 12.6 Å². The minimum atomic E-state index is 0.398. The molecule has 0 amide bonds. The maximum absolute atomic E-state index is 5.49. The Balaban J connectivity index is 1.63. The van der Waals surface area contributed by atoms with E-state index in [9.17, 15) is 0 Å². The summed E-state index contributed by atoms with van der Waals surface area (Å²) >= 11 is 0. The number of nitrogens with zero attached hydrogens (tertiary/aromatic N) is 3. The van der Waals surface area contributed by atoms with E-state index in [1.165, 1.54) is 30.5 Å². The molecule has 1 heterocycles. The van der Waals surface area contributed by atoms with E-state index in [-0.39, 0.29) is 0 Å². The van der Waals surface area contributed by atoms with Crippen LogP contribution < -0.4 is 5.32 Å². The number of nitrogens with one attached hydrogen (secondary N) is 1. The van der Waals surface area contributed by atoms with Crippen LogP contribution in [0.2, 0.25) is 0 Å². The summed E-state index contributed by atoms with van der Waals surface area (Å²) in [5, 5.41) is 7.79. The fourth-order valence-corrected chi connectivity index (χ4v) is 2.99. The van der Waals surface area contributed by atoms with Gasteiger partial charge in [0.1, 0.15) is 12.7 Å². The number of hydrogen-bond donors (Lipinski definition) is 1. The SMILES string of the molecule is COC1CCCC(Nc2cccc(Cn3cncn3)c2)C1. The third kappa shape index (κ3) is 3.82. The molecule has 2 unspecified atom stereocenters. The van der Waals surface area contributed by atoms with Gasteiger partial charge in [-0.2, -0.15) is 5.10 Å². The van der Waals surface area contributed by atoms with Crippen LogP contribution in [-0.2, 0) is 11.3 Å². The Labute approximate surface area is 125 Å². The minimum Gasteiger partial charge on any atom is -0.382 e. The average Bonchev–Trinajstić information content (AvgIpc) is 3.01. The van der Waals surface area contributed by atoms with Crippen molar-refractivity contribution in [1.82, 2.24) is 14.8 Å². The number of rotatable bonds is 5. The van der Waals surface area contributed by atoms with Crippen LogP contribution >= 0.6 is 0 Å². The van der Waals surface area contributed by atoms with Crippen LogP contribution in [0.15, 0.2) is 36.9 Å². The molecule has 1 fully saturated rings. The molecule has 0 aliphatic heterocycles. The quantitative estimate of drug-likeness (QED) is 0.918. The maximum atomic E-state index is 5.49. The number of benzene rings is 1. The second-order valence-corrected chi connectivity index (χ2v) is 5.66. The Morgan fingerprint density at radius 2 is 2.33 bits per heavy atom. The zero-order chi connectivity index (χ0) is 14.5. The molecule has 1 aromatic carbocycles. The van der Waals surface area contributed by atoms with E-state index in [2.05, 4.69) is 39.7 Å². The van der Waals surface area contributed by atoms with Gasteiger partial charge in [0.15, 0.2) is 0 Å². The highest BCUT2D eigenvalue weighted by molar-refractivity contribution is 5.46. The van der Waals surface area contributed by atoms with Crippen LogP contribution in [-0.4, -0.2) is 34.0 Å². The van der Waals surface area contributed by atoms with Gasteiger partial charge in [-0.1, -0.05) is 12.1 Å². The predicted octanol–water partition coefficient (Wildman–Crippen LogP) is 2.70. The molecule has 2 atom stereocenters. The van der Waals surface area contributed by atoms with Crippen molar-refractivity contribution < 1.29 is 4.74 Å². The Kier molecular flexibility index (Phi) is 4.50. The zero-order valence-electron chi connectivity index (χ0n) is 12.4. The lowest BCUT2D eigenvalue weighted by molar-refractivity contribution is 0.0669. The van der Waals surface area contributed by atoms with Gasteiger partial charge in [-0.25, -0.2) is 9.67 Å². The number of methoxy groups -OCH3 is 1. The third-order valence-electron chi connectivity index (χ3n) is 4.07. The number of anilines is 1. The first kappa shape index (κ1) is 14.1. The summed E-state index contributed by atoms with van der Waals surface area (Å²) in [6.07, 6.45) is 8.42. The molecular formula is C16H22N4O. The fourth-order valence-electron chi connectivity index (χ4n) is 2.99. The van der Waals surface area contributed by atoms with E-state index in [1.54, 1.807) is 12.7 Å². The van der Waals surface area contributed by atoms with Crippen LogP contribution in [0, 0.1) is 0 Å². The van der Waals surface area contributed by atoms with Crippen molar-refractivity contribution in [2.45, 2.75) is 44.4 Å². The van der Waals surface area contributed by atoms with Crippen LogP contribution in [0.5, 0.6) is 0 Å². The molecule has 1 saturated carbocycles. The van der Waals surface area contributed by atoms with Crippen LogP contribution in [0.25, 0.3) is 0 Å². The summed E-state index contributed by atoms with van der Waals surface area (Å²) in [6, 6.07) is 9.03. The first-order chi connectivity index (χ1) is 10.3. The second-order valence-electron chi connectivity index (χ2n) is 5.66. The van der Waals surface area contributed by atoms with Crippen LogP contribution in [0.1, 0.15) is 31.2 Å². The van der Waals surface area contributed by atoms with Gasteiger partial charge >= 0.3 is 0 Å². The van der Waals surface area contributed by atoms with Crippen LogP contribution in [0.4, 0.5) is 5.69 Å². The summed E-state index contributed by atoms with van der Waals surface area (Å²) in [5.74, 6) is 0. The fraction of sp³-hybridized carbons (Fsp3) is 0.500. The van der Waals surface area contributed by atoms with E-state index in [0.29, 0.717) is 12.1 Å². The Bertz CT molecular complexity index is 555. The standard InChI is InChI=1S/C16H22N4O/c1-21-16-7-3-6-15(9-16)19-14-5-2-4-13(8-14)10-20-12-17-11-18-20/h2,4-5,8,11-12,15-16,19H,3,6-7,9-10H2,1H3. The molecule has 0 bridgehead atoms. The zero-order valence-corrected chi connectivity index (χ0v) is 12.4. The van der Waals surface area contributed by atoms with E-state index >= 15 is 0 Å². The molecule has 1 aromatic heterocycles. The highest BCUT2D eigenvalue weighted by atomic mass is 16.5. The van der Waals surface area contributed by atoms with Crippen LogP contribution in [0.3, 0.4) is 0 Å². The van der Waals surface area contributed by atoms with Crippen molar-refractivity contribution in [3.05, 3.63) is 42.5 Å². The van der Waals surface area contributed by atoms with Crippen molar-refractivity contribution in [1.29, 1.82) is 0 Å². The number of ether oxygens (including phenoxy) is 1. The van der Waals surface area contributed by atoms with Gasteiger partial charge in [-0.05, 0) is 43.4 Å². The van der Waals surface area contributed by atoms with Crippen molar-refractivity contribution in [2.24, 2.45) is 0 Å². The monoisotopic (exact) mass is 286 g/mol. The molecule has 1 aliphatic rings. The minimum absolute atomic E-state index is 0.398. The van der Waals surface area contributed by atoms with Gasteiger partial charge in [-0.15, -0.1) is 0 Å². The maximum Gasteiger partial charge on any atom is 0.137 e. The molecule has 3 rings (SSSR count). The Hall–Kier alpha value is -1.88. The summed E-state index contributed by atoms with van der Waals surface area (Å²) in [4.78, 5) is 3.97. The first-order valence-corrected chi connectivity index (χ1v) is 7.54. The topological polar surface area (TPSA) is 52.0 Å². The Morgan fingerprint density at radius 3 is 3.14 bits per heavy atom. The van der Waals surface area contributed by atoms with E-state index in [4.69, 9.17) is 4.74 Å². The summed E-state index contributed by atoms with van der Waals surface area (Å²) in [7, 11) is 1.81. The molecule has 2 aromatic rings. The lowest BCUT2D eigenvalue weighted by Crippen LogP contribution is -2.31. The largest absolute Gasteiger partial charge is 0.382 e. The molecular weight excluding hydrogens is 264 g/mol. The highest BCUT2D eigenvalue weighted by Gasteiger charge is 2.21. The average molecular weight is 286 g/mol. The lowest BCUT2D eigenvalue weighted by atomic mass is 9.92. The van der Waals surface area contributed by atoms with Crippen molar-refractivity contribution in [3.8, 4) is 0 Å². The molecule has 21 heavy (non-hydrogen) atoms. The van der Waals surface area contributed by atoms with Gasteiger partial charge in [0.2, 0.25) is 0 Å². The third-order valence-corrected chi connectivity index (χ3v) is 4.07. The molecule has 0 spiro atoms. The molecule has 112 valence electrons. The molecule has 0 saturated heterocycles. The summed E-state index contributed by atoms with van der Waals surface area (Å²) < 4.78 is 7.33. The molecule has 1 aliphatic carbocycles. The van der Waals surface area contributed by atoms with E-state index in [0.717, 1.165) is 13.0 Å². The smallest absolute Gasteiger partial charge is 0.137 e. The summed E-state index contributed by atoms with van der Waals surface area (Å²) in [6.45, 7) is 0.751. The molecule has 0 radical (unpaired) electrons. The van der Waals surface area contributed by atoms with E-state index in [1.807, 2.05) is 11.8 Å². The van der Waals surface area contributed by atoms with Gasteiger partial charge < -0.3 is 10.1 Å². The van der Waals surface area contributed by atoms with Crippen molar-refractivity contribution in [3.63, 3.8) is 0 Å². The van der Waals surface area contributed by atoms with Gasteiger partial charge in [0, 0.05) is 18.8 Å². The molecule has 1 N–H and O–H groups in total. The highest BCUT2D eigenvalue weighted by Crippen LogP contribution is 2.24. The predicted molar refractivity (Wildman–Crippen MR) is 82.2 cm³/mol. The van der Waals surface area contributed by atoms with Crippen molar-refractivity contribution >= 4 is 5.69 Å². The lowest BCUT2D eigenvalue weighted by Gasteiger charge is -2.29. The number of aromatic nitrogens is 3. The second kappa shape index (κ2) is 6.72. The van der Waals surface area contributed by atoms with Gasteiger partial charge in [-0.3, -0.25) is 0 Å². The number of hydrogen-bond acceptors (Lipinski definition) is 4. The normalized spacial score (nSPS) is 22.1.